The molecule has 2 aromatic heterocycles. The number of halogens is 3. The molecule has 0 spiro atoms. The Labute approximate surface area is 224 Å². The number of carbonyl (C=O) groups is 2. The number of piperidine rings is 1. The lowest BCUT2D eigenvalue weighted by molar-refractivity contribution is -0.121. The van der Waals surface area contributed by atoms with Gasteiger partial charge in [0.15, 0.2) is 5.65 Å². The van der Waals surface area contributed by atoms with Crippen LogP contribution in [0, 0.1) is 18.8 Å². The summed E-state index contributed by atoms with van der Waals surface area (Å²) in [6.45, 7) is 7.12. The number of rotatable bonds is 8. The lowest BCUT2D eigenvalue weighted by Gasteiger charge is -2.28. The highest BCUT2D eigenvalue weighted by atomic mass is 19.4. The van der Waals surface area contributed by atoms with Crippen molar-refractivity contribution in [2.45, 2.75) is 38.5 Å². The van der Waals surface area contributed by atoms with Gasteiger partial charge in [-0.3, -0.25) is 14.9 Å². The quantitative estimate of drug-likeness (QED) is 0.260. The molecule has 0 saturated carbocycles. The van der Waals surface area contributed by atoms with Gasteiger partial charge in [0.2, 0.25) is 0 Å². The molecule has 39 heavy (non-hydrogen) atoms. The standard InChI is InChI=1S/C28H29F3N6O2/c1-19-5-6-22(17-21(19)7-8-23-18-33-26-4-3-11-34-37(23)26)27(39)35-25(16-20(2)28(29,30)31)32-12-15-36-13-9-24(38)10-14-36/h3-6,11,17-18,25,32H,2,9-10,12-16H2,1H3,(H,35,39). The second kappa shape index (κ2) is 12.2. The highest BCUT2D eigenvalue weighted by Crippen LogP contribution is 2.27. The van der Waals surface area contributed by atoms with Crippen LogP contribution in [0.3, 0.4) is 0 Å². The van der Waals surface area contributed by atoms with Gasteiger partial charge in [-0.1, -0.05) is 18.6 Å². The molecule has 11 heteroatoms. The first kappa shape index (κ1) is 28.0. The molecule has 1 unspecified atom stereocenters. The minimum atomic E-state index is -4.57. The molecule has 3 heterocycles. The number of benzene rings is 1. The molecular formula is C28H29F3N6O2. The maximum Gasteiger partial charge on any atom is 0.412 e. The fourth-order valence-electron chi connectivity index (χ4n) is 4.14. The molecule has 1 aliphatic rings. The van der Waals surface area contributed by atoms with Gasteiger partial charge in [0.25, 0.3) is 5.91 Å². The summed E-state index contributed by atoms with van der Waals surface area (Å²) in [5.74, 6) is 5.74. The molecular weight excluding hydrogens is 509 g/mol. The molecule has 1 atom stereocenters. The van der Waals surface area contributed by atoms with E-state index in [9.17, 15) is 22.8 Å². The summed E-state index contributed by atoms with van der Waals surface area (Å²) in [4.78, 5) is 30.8. The highest BCUT2D eigenvalue weighted by molar-refractivity contribution is 5.94. The van der Waals surface area contributed by atoms with Crippen LogP contribution in [0.5, 0.6) is 0 Å². The van der Waals surface area contributed by atoms with E-state index in [2.05, 4.69) is 44.0 Å². The van der Waals surface area contributed by atoms with Crippen molar-refractivity contribution in [3.63, 3.8) is 0 Å². The SMILES string of the molecule is C=C(CC(NCCN1CCC(=O)CC1)NC(=O)c1ccc(C)c(C#Cc2cnc3cccnn23)c1)C(F)(F)F. The zero-order valence-corrected chi connectivity index (χ0v) is 21.5. The van der Waals surface area contributed by atoms with E-state index in [-0.39, 0.29) is 11.3 Å². The van der Waals surface area contributed by atoms with Gasteiger partial charge < -0.3 is 10.2 Å². The van der Waals surface area contributed by atoms with E-state index < -0.39 is 30.2 Å². The third kappa shape index (κ3) is 7.52. The van der Waals surface area contributed by atoms with Crippen LogP contribution in [0.25, 0.3) is 5.65 Å². The van der Waals surface area contributed by atoms with Crippen molar-refractivity contribution in [3.8, 4) is 11.8 Å². The number of hydrogen-bond acceptors (Lipinski definition) is 6. The minimum absolute atomic E-state index is 0.211. The van der Waals surface area contributed by atoms with Crippen molar-refractivity contribution >= 4 is 17.3 Å². The number of fused-ring (bicyclic) bond motifs is 1. The molecule has 1 aromatic carbocycles. The van der Waals surface area contributed by atoms with Gasteiger partial charge in [-0.15, -0.1) is 0 Å². The Kier molecular flexibility index (Phi) is 8.79. The normalized spacial score (nSPS) is 15.0. The predicted octanol–water partition coefficient (Wildman–Crippen LogP) is 3.26. The van der Waals surface area contributed by atoms with Crippen LogP contribution in [0.15, 0.2) is 54.9 Å². The smallest absolute Gasteiger partial charge is 0.336 e. The van der Waals surface area contributed by atoms with Gasteiger partial charge in [-0.2, -0.15) is 18.3 Å². The summed E-state index contributed by atoms with van der Waals surface area (Å²) in [5, 5.41) is 9.90. The number of nitrogens with zero attached hydrogens (tertiary/aromatic N) is 4. The van der Waals surface area contributed by atoms with E-state index in [0.29, 0.717) is 55.9 Å². The number of Topliss-reactive ketones (excluding diaryl/α,β-unsaturated/α-hetero) is 1. The Balaban J connectivity index is 1.45. The van der Waals surface area contributed by atoms with Crippen molar-refractivity contribution in [2.75, 3.05) is 26.2 Å². The maximum absolute atomic E-state index is 13.2. The number of aromatic nitrogens is 3. The summed E-state index contributed by atoms with van der Waals surface area (Å²) in [6, 6.07) is 8.52. The molecule has 0 radical (unpaired) electrons. The van der Waals surface area contributed by atoms with Gasteiger partial charge in [-0.05, 0) is 42.7 Å². The maximum atomic E-state index is 13.2. The second-order valence-corrected chi connectivity index (χ2v) is 9.38. The number of amides is 1. The molecule has 0 aliphatic carbocycles. The summed E-state index contributed by atoms with van der Waals surface area (Å²) in [6.07, 6.45) is -1.90. The Morgan fingerprint density at radius 1 is 1.21 bits per heavy atom. The highest BCUT2D eigenvalue weighted by Gasteiger charge is 2.33. The summed E-state index contributed by atoms with van der Waals surface area (Å²) in [7, 11) is 0. The third-order valence-electron chi connectivity index (χ3n) is 6.49. The van der Waals surface area contributed by atoms with Crippen molar-refractivity contribution in [3.05, 3.63) is 77.3 Å². The summed E-state index contributed by atoms with van der Waals surface area (Å²) < 4.78 is 41.2. The first-order chi connectivity index (χ1) is 18.6. The number of hydrogen-bond donors (Lipinski definition) is 2. The molecule has 8 nitrogen and oxygen atoms in total. The van der Waals surface area contributed by atoms with Gasteiger partial charge in [0, 0.05) is 68.3 Å². The molecule has 3 aromatic rings. The average Bonchev–Trinajstić information content (AvgIpc) is 3.31. The fraction of sp³-hybridized carbons (Fsp3) is 0.357. The Hall–Kier alpha value is -4.01. The van der Waals surface area contributed by atoms with Crippen LogP contribution in [0.2, 0.25) is 0 Å². The Morgan fingerprint density at radius 2 is 1.97 bits per heavy atom. The lowest BCUT2D eigenvalue weighted by Crippen LogP contribution is -2.49. The fourth-order valence-corrected chi connectivity index (χ4v) is 4.14. The predicted molar refractivity (Wildman–Crippen MR) is 140 cm³/mol. The number of imidazole rings is 1. The molecule has 0 bridgehead atoms. The van der Waals surface area contributed by atoms with Gasteiger partial charge in [0.05, 0.1) is 12.4 Å². The molecule has 4 rings (SSSR count). The first-order valence-corrected chi connectivity index (χ1v) is 12.5. The van der Waals surface area contributed by atoms with Crippen molar-refractivity contribution in [1.82, 2.24) is 30.1 Å². The van der Waals surface area contributed by atoms with E-state index >= 15 is 0 Å². The topological polar surface area (TPSA) is 91.6 Å². The van der Waals surface area contributed by atoms with Gasteiger partial charge in [0.1, 0.15) is 11.5 Å². The average molecular weight is 539 g/mol. The second-order valence-electron chi connectivity index (χ2n) is 9.38. The Bertz CT molecular complexity index is 1430. The van der Waals surface area contributed by atoms with Crippen LogP contribution in [0.1, 0.15) is 46.4 Å². The largest absolute Gasteiger partial charge is 0.412 e. The van der Waals surface area contributed by atoms with E-state index in [1.54, 1.807) is 47.2 Å². The van der Waals surface area contributed by atoms with E-state index in [1.807, 2.05) is 6.92 Å². The number of aryl methyl sites for hydroxylation is 1. The van der Waals surface area contributed by atoms with E-state index in [0.717, 1.165) is 5.56 Å². The molecule has 1 amide bonds. The summed E-state index contributed by atoms with van der Waals surface area (Å²) in [5.41, 5.74) is 1.98. The van der Waals surface area contributed by atoms with E-state index in [4.69, 9.17) is 0 Å². The summed E-state index contributed by atoms with van der Waals surface area (Å²) >= 11 is 0. The van der Waals surface area contributed by atoms with E-state index in [1.165, 1.54) is 0 Å². The Morgan fingerprint density at radius 3 is 2.72 bits per heavy atom. The van der Waals surface area contributed by atoms with Crippen molar-refractivity contribution < 1.29 is 22.8 Å². The third-order valence-corrected chi connectivity index (χ3v) is 6.49. The van der Waals surface area contributed by atoms with Crippen molar-refractivity contribution in [2.24, 2.45) is 0 Å². The van der Waals surface area contributed by atoms with Crippen LogP contribution >= 0.6 is 0 Å². The van der Waals surface area contributed by atoms with Crippen LogP contribution in [-0.4, -0.2) is 69.7 Å². The molecule has 2 N–H and O–H groups in total. The monoisotopic (exact) mass is 538 g/mol. The molecule has 204 valence electrons. The van der Waals surface area contributed by atoms with Crippen LogP contribution in [0.4, 0.5) is 13.2 Å². The van der Waals surface area contributed by atoms with Gasteiger partial charge in [-0.25, -0.2) is 9.50 Å². The van der Waals surface area contributed by atoms with Gasteiger partial charge >= 0.3 is 6.18 Å². The number of ketones is 1. The number of carbonyl (C=O) groups excluding carboxylic acids is 2. The number of alkyl halides is 3. The van der Waals surface area contributed by atoms with Crippen LogP contribution in [-0.2, 0) is 4.79 Å². The van der Waals surface area contributed by atoms with Crippen molar-refractivity contribution in [1.29, 1.82) is 0 Å². The van der Waals surface area contributed by atoms with Crippen LogP contribution < -0.4 is 10.6 Å². The molecule has 1 fully saturated rings. The number of nitrogens with one attached hydrogen (secondary N) is 2. The first-order valence-electron chi connectivity index (χ1n) is 12.5. The zero-order valence-electron chi connectivity index (χ0n) is 21.5. The molecule has 1 saturated heterocycles. The number of likely N-dealkylation sites (tertiary alicyclic amines) is 1. The molecule has 1 aliphatic heterocycles. The zero-order chi connectivity index (χ0) is 28.0. The lowest BCUT2D eigenvalue weighted by atomic mass is 10.0. The minimum Gasteiger partial charge on any atom is -0.336 e.